The number of rotatable bonds is 4. The van der Waals surface area contributed by atoms with Crippen LogP contribution in [0.25, 0.3) is 0 Å². The maximum atomic E-state index is 5.77. The largest absolute Gasteiger partial charge is 0.307 e. The van der Waals surface area contributed by atoms with Gasteiger partial charge in [0.1, 0.15) is 0 Å². The molecule has 0 radical (unpaired) electrons. The fraction of sp³-hybridized carbons (Fsp3) is 0.273. The molecule has 0 fully saturated rings. The van der Waals surface area contributed by atoms with Crippen molar-refractivity contribution >= 4 is 11.6 Å². The molecule has 0 amide bonds. The van der Waals surface area contributed by atoms with E-state index in [0.717, 1.165) is 11.6 Å². The summed E-state index contributed by atoms with van der Waals surface area (Å²) < 4.78 is 0. The van der Waals surface area contributed by atoms with Gasteiger partial charge in [-0.2, -0.15) is 0 Å². The molecule has 0 bridgehead atoms. The van der Waals surface area contributed by atoms with E-state index in [-0.39, 0.29) is 0 Å². The molecule has 0 aliphatic rings. The Kier molecular flexibility index (Phi) is 4.00. The van der Waals surface area contributed by atoms with Crippen LogP contribution in [0.1, 0.15) is 12.5 Å². The van der Waals surface area contributed by atoms with Gasteiger partial charge in [-0.15, -0.1) is 6.58 Å². The van der Waals surface area contributed by atoms with Crippen LogP contribution >= 0.6 is 11.6 Å². The molecule has 70 valence electrons. The molecule has 0 aromatic heterocycles. The van der Waals surface area contributed by atoms with E-state index < -0.39 is 0 Å². The van der Waals surface area contributed by atoms with E-state index in [1.807, 2.05) is 30.3 Å². The molecule has 1 atom stereocenters. The van der Waals surface area contributed by atoms with E-state index in [4.69, 9.17) is 11.6 Å². The van der Waals surface area contributed by atoms with Crippen LogP contribution in [0, 0.1) is 0 Å². The van der Waals surface area contributed by atoms with Gasteiger partial charge in [-0.1, -0.05) is 29.8 Å². The second kappa shape index (κ2) is 5.05. The first kappa shape index (κ1) is 10.3. The number of benzene rings is 1. The van der Waals surface area contributed by atoms with Crippen LogP contribution in [0.15, 0.2) is 36.9 Å². The minimum absolute atomic E-state index is 0.343. The molecular weight excluding hydrogens is 182 g/mol. The van der Waals surface area contributed by atoms with Crippen molar-refractivity contribution in [2.75, 3.05) is 0 Å². The van der Waals surface area contributed by atoms with Gasteiger partial charge in [0, 0.05) is 17.6 Å². The van der Waals surface area contributed by atoms with Crippen molar-refractivity contribution in [3.63, 3.8) is 0 Å². The quantitative estimate of drug-likeness (QED) is 0.729. The van der Waals surface area contributed by atoms with Crippen LogP contribution in [0.4, 0.5) is 0 Å². The normalized spacial score (nSPS) is 12.5. The summed E-state index contributed by atoms with van der Waals surface area (Å²) in [4.78, 5) is 0. The second-order valence-corrected chi connectivity index (χ2v) is 3.47. The minimum atomic E-state index is 0.343. The lowest BCUT2D eigenvalue weighted by atomic mass is 10.2. The lowest BCUT2D eigenvalue weighted by molar-refractivity contribution is 0.634. The predicted octanol–water partition coefficient (Wildman–Crippen LogP) is 3.00. The molecule has 13 heavy (non-hydrogen) atoms. The van der Waals surface area contributed by atoms with E-state index in [0.29, 0.717) is 6.04 Å². The van der Waals surface area contributed by atoms with E-state index >= 15 is 0 Å². The number of halogens is 1. The smallest absolute Gasteiger partial charge is 0.0406 e. The first-order valence-electron chi connectivity index (χ1n) is 4.33. The van der Waals surface area contributed by atoms with Crippen LogP contribution in [0.5, 0.6) is 0 Å². The maximum absolute atomic E-state index is 5.77. The highest BCUT2D eigenvalue weighted by Gasteiger charge is 1.95. The molecular formula is C11H14ClN. The third kappa shape index (κ3) is 3.62. The van der Waals surface area contributed by atoms with E-state index in [1.165, 1.54) is 5.56 Å². The van der Waals surface area contributed by atoms with Gasteiger partial charge in [0.2, 0.25) is 0 Å². The third-order valence-electron chi connectivity index (χ3n) is 1.89. The van der Waals surface area contributed by atoms with Gasteiger partial charge < -0.3 is 5.32 Å². The molecule has 1 aromatic rings. The zero-order chi connectivity index (χ0) is 9.68. The molecule has 0 saturated carbocycles. The first-order chi connectivity index (χ1) is 6.22. The fourth-order valence-corrected chi connectivity index (χ4v) is 1.09. The molecule has 0 saturated heterocycles. The lowest BCUT2D eigenvalue weighted by Gasteiger charge is -2.08. The SMILES string of the molecule is C=CC(C)NCc1ccc(Cl)cc1. The highest BCUT2D eigenvalue weighted by molar-refractivity contribution is 6.30. The Labute approximate surface area is 84.4 Å². The van der Waals surface area contributed by atoms with Gasteiger partial charge in [-0.05, 0) is 24.6 Å². The molecule has 1 unspecified atom stereocenters. The molecule has 1 N–H and O–H groups in total. The Morgan fingerprint density at radius 1 is 1.46 bits per heavy atom. The Balaban J connectivity index is 2.45. The molecule has 1 rings (SSSR count). The van der Waals surface area contributed by atoms with Crippen molar-refractivity contribution in [2.24, 2.45) is 0 Å². The monoisotopic (exact) mass is 195 g/mol. The summed E-state index contributed by atoms with van der Waals surface area (Å²) in [5, 5.41) is 4.09. The number of nitrogens with one attached hydrogen (secondary N) is 1. The van der Waals surface area contributed by atoms with Crippen LogP contribution < -0.4 is 5.32 Å². The molecule has 1 nitrogen and oxygen atoms in total. The zero-order valence-corrected chi connectivity index (χ0v) is 8.51. The molecule has 2 heteroatoms. The van der Waals surface area contributed by atoms with Crippen LogP contribution in [-0.4, -0.2) is 6.04 Å². The number of hydrogen-bond donors (Lipinski definition) is 1. The maximum Gasteiger partial charge on any atom is 0.0406 e. The average molecular weight is 196 g/mol. The van der Waals surface area contributed by atoms with Crippen molar-refractivity contribution in [3.8, 4) is 0 Å². The highest BCUT2D eigenvalue weighted by atomic mass is 35.5. The summed E-state index contributed by atoms with van der Waals surface area (Å²) in [5.74, 6) is 0. The molecule has 0 spiro atoms. The topological polar surface area (TPSA) is 12.0 Å². The van der Waals surface area contributed by atoms with Crippen molar-refractivity contribution in [2.45, 2.75) is 19.5 Å². The highest BCUT2D eigenvalue weighted by Crippen LogP contribution is 2.09. The van der Waals surface area contributed by atoms with Crippen molar-refractivity contribution in [3.05, 3.63) is 47.5 Å². The van der Waals surface area contributed by atoms with Gasteiger partial charge in [-0.25, -0.2) is 0 Å². The van der Waals surface area contributed by atoms with Crippen molar-refractivity contribution < 1.29 is 0 Å². The third-order valence-corrected chi connectivity index (χ3v) is 2.15. The summed E-state index contributed by atoms with van der Waals surface area (Å²) in [6.45, 7) is 6.63. The summed E-state index contributed by atoms with van der Waals surface area (Å²) in [7, 11) is 0. The van der Waals surface area contributed by atoms with E-state index in [2.05, 4.69) is 18.8 Å². The van der Waals surface area contributed by atoms with Crippen LogP contribution in [-0.2, 0) is 6.54 Å². The zero-order valence-electron chi connectivity index (χ0n) is 7.76. The Morgan fingerprint density at radius 2 is 2.08 bits per heavy atom. The van der Waals surface area contributed by atoms with Crippen molar-refractivity contribution in [1.29, 1.82) is 0 Å². The molecule has 0 aliphatic heterocycles. The summed E-state index contributed by atoms with van der Waals surface area (Å²) in [5.41, 5.74) is 1.23. The standard InChI is InChI=1S/C11H14ClN/c1-3-9(2)13-8-10-4-6-11(12)7-5-10/h3-7,9,13H,1,8H2,2H3. The first-order valence-corrected chi connectivity index (χ1v) is 4.70. The fourth-order valence-electron chi connectivity index (χ4n) is 0.964. The second-order valence-electron chi connectivity index (χ2n) is 3.03. The average Bonchev–Trinajstić information content (AvgIpc) is 2.16. The minimum Gasteiger partial charge on any atom is -0.307 e. The molecule has 0 heterocycles. The summed E-state index contributed by atoms with van der Waals surface area (Å²) in [6, 6.07) is 8.18. The molecule has 0 aliphatic carbocycles. The summed E-state index contributed by atoms with van der Waals surface area (Å²) in [6.07, 6.45) is 1.88. The van der Waals surface area contributed by atoms with Gasteiger partial charge >= 0.3 is 0 Å². The Hall–Kier alpha value is -0.790. The Bertz CT molecular complexity index is 266. The summed E-state index contributed by atoms with van der Waals surface area (Å²) >= 11 is 5.77. The van der Waals surface area contributed by atoms with Gasteiger partial charge in [-0.3, -0.25) is 0 Å². The molecule has 1 aromatic carbocycles. The van der Waals surface area contributed by atoms with Crippen molar-refractivity contribution in [1.82, 2.24) is 5.32 Å². The van der Waals surface area contributed by atoms with Crippen LogP contribution in [0.3, 0.4) is 0 Å². The van der Waals surface area contributed by atoms with Gasteiger partial charge in [0.15, 0.2) is 0 Å². The van der Waals surface area contributed by atoms with Crippen LogP contribution in [0.2, 0.25) is 5.02 Å². The number of hydrogen-bond acceptors (Lipinski definition) is 1. The van der Waals surface area contributed by atoms with Gasteiger partial charge in [0.25, 0.3) is 0 Å². The van der Waals surface area contributed by atoms with Gasteiger partial charge in [0.05, 0.1) is 0 Å². The van der Waals surface area contributed by atoms with E-state index in [1.54, 1.807) is 0 Å². The van der Waals surface area contributed by atoms with E-state index in [9.17, 15) is 0 Å². The lowest BCUT2D eigenvalue weighted by Crippen LogP contribution is -2.22. The Morgan fingerprint density at radius 3 is 2.62 bits per heavy atom. The predicted molar refractivity (Wildman–Crippen MR) is 58.0 cm³/mol.